The summed E-state index contributed by atoms with van der Waals surface area (Å²) in [5.74, 6) is 0. The van der Waals surface area contributed by atoms with Crippen LogP contribution in [0, 0.1) is 0 Å². The molecule has 2 nitrogen and oxygen atoms in total. The normalized spacial score (nSPS) is 17.4. The summed E-state index contributed by atoms with van der Waals surface area (Å²) in [6.45, 7) is 7.02. The molecular weight excluding hydrogens is 220 g/mol. The number of rotatable bonds is 5. The summed E-state index contributed by atoms with van der Waals surface area (Å²) in [4.78, 5) is 2.60. The van der Waals surface area contributed by atoms with Gasteiger partial charge < -0.3 is 10.2 Å². The first kappa shape index (κ1) is 13.4. The van der Waals surface area contributed by atoms with Crippen molar-refractivity contribution in [3.05, 3.63) is 29.8 Å². The molecule has 0 saturated carbocycles. The SMILES string of the molecule is CCc1cccc(NCCN2CCCCCC2)c1. The highest BCUT2D eigenvalue weighted by Crippen LogP contribution is 2.12. The van der Waals surface area contributed by atoms with Gasteiger partial charge in [-0.25, -0.2) is 0 Å². The van der Waals surface area contributed by atoms with Gasteiger partial charge in [0.15, 0.2) is 0 Å². The molecule has 1 aliphatic heterocycles. The van der Waals surface area contributed by atoms with Crippen molar-refractivity contribution in [2.45, 2.75) is 39.0 Å². The lowest BCUT2D eigenvalue weighted by Gasteiger charge is -2.20. The molecule has 1 aromatic rings. The summed E-state index contributed by atoms with van der Waals surface area (Å²) in [6, 6.07) is 8.77. The molecule has 1 aliphatic rings. The van der Waals surface area contributed by atoms with Crippen molar-refractivity contribution in [3.8, 4) is 0 Å². The zero-order valence-corrected chi connectivity index (χ0v) is 11.6. The molecule has 2 rings (SSSR count). The van der Waals surface area contributed by atoms with Crippen LogP contribution in [0.5, 0.6) is 0 Å². The highest BCUT2D eigenvalue weighted by atomic mass is 15.1. The quantitative estimate of drug-likeness (QED) is 0.855. The van der Waals surface area contributed by atoms with Crippen LogP contribution in [0.25, 0.3) is 0 Å². The standard InChI is InChI=1S/C16H26N2/c1-2-15-8-7-9-16(14-15)17-10-13-18-11-5-3-4-6-12-18/h7-9,14,17H,2-6,10-13H2,1H3. The minimum atomic E-state index is 1.06. The third-order valence-electron chi connectivity index (χ3n) is 3.79. The Balaban J connectivity index is 1.73. The predicted octanol–water partition coefficient (Wildman–Crippen LogP) is 3.54. The fourth-order valence-electron chi connectivity index (χ4n) is 2.62. The minimum Gasteiger partial charge on any atom is -0.384 e. The average molecular weight is 246 g/mol. The van der Waals surface area contributed by atoms with Crippen LogP contribution in [0.3, 0.4) is 0 Å². The molecule has 1 aromatic carbocycles. The number of aryl methyl sites for hydroxylation is 1. The fourth-order valence-corrected chi connectivity index (χ4v) is 2.62. The van der Waals surface area contributed by atoms with Crippen LogP contribution < -0.4 is 5.32 Å². The molecule has 0 amide bonds. The summed E-state index contributed by atoms with van der Waals surface area (Å²) in [6.07, 6.45) is 6.71. The number of benzene rings is 1. The molecule has 1 heterocycles. The van der Waals surface area contributed by atoms with E-state index in [9.17, 15) is 0 Å². The van der Waals surface area contributed by atoms with E-state index in [-0.39, 0.29) is 0 Å². The summed E-state index contributed by atoms with van der Waals surface area (Å²) in [5, 5.41) is 3.55. The Morgan fingerprint density at radius 2 is 1.89 bits per heavy atom. The fraction of sp³-hybridized carbons (Fsp3) is 0.625. The zero-order chi connectivity index (χ0) is 12.6. The van der Waals surface area contributed by atoms with Gasteiger partial charge in [-0.1, -0.05) is 31.9 Å². The summed E-state index contributed by atoms with van der Waals surface area (Å²) < 4.78 is 0. The Morgan fingerprint density at radius 3 is 2.61 bits per heavy atom. The second-order valence-electron chi connectivity index (χ2n) is 5.24. The summed E-state index contributed by atoms with van der Waals surface area (Å²) >= 11 is 0. The van der Waals surface area contributed by atoms with E-state index in [4.69, 9.17) is 0 Å². The maximum absolute atomic E-state index is 3.55. The Kier molecular flexibility index (Phi) is 5.53. The van der Waals surface area contributed by atoms with Gasteiger partial charge in [-0.3, -0.25) is 0 Å². The number of nitrogens with zero attached hydrogens (tertiary/aromatic N) is 1. The number of nitrogens with one attached hydrogen (secondary N) is 1. The van der Waals surface area contributed by atoms with Gasteiger partial charge in [-0.05, 0) is 50.0 Å². The summed E-state index contributed by atoms with van der Waals surface area (Å²) in [7, 11) is 0. The minimum absolute atomic E-state index is 1.06. The molecule has 0 aromatic heterocycles. The van der Waals surface area contributed by atoms with Gasteiger partial charge in [-0.2, -0.15) is 0 Å². The van der Waals surface area contributed by atoms with Crippen molar-refractivity contribution in [3.63, 3.8) is 0 Å². The topological polar surface area (TPSA) is 15.3 Å². The maximum atomic E-state index is 3.55. The molecule has 1 saturated heterocycles. The van der Waals surface area contributed by atoms with Crippen LogP contribution in [0.2, 0.25) is 0 Å². The smallest absolute Gasteiger partial charge is 0.0343 e. The first-order chi connectivity index (χ1) is 8.88. The lowest BCUT2D eigenvalue weighted by molar-refractivity contribution is 0.296. The van der Waals surface area contributed by atoms with E-state index in [1.165, 1.54) is 56.6 Å². The van der Waals surface area contributed by atoms with Crippen LogP contribution in [-0.4, -0.2) is 31.1 Å². The van der Waals surface area contributed by atoms with Crippen molar-refractivity contribution in [1.29, 1.82) is 0 Å². The van der Waals surface area contributed by atoms with E-state index in [2.05, 4.69) is 41.4 Å². The average Bonchev–Trinajstić information content (AvgIpc) is 2.68. The molecule has 0 unspecified atom stereocenters. The largest absolute Gasteiger partial charge is 0.384 e. The van der Waals surface area contributed by atoms with Gasteiger partial charge in [0.2, 0.25) is 0 Å². The van der Waals surface area contributed by atoms with E-state index in [0.717, 1.165) is 13.0 Å². The molecule has 100 valence electrons. The Hall–Kier alpha value is -1.02. The number of anilines is 1. The van der Waals surface area contributed by atoms with E-state index < -0.39 is 0 Å². The first-order valence-corrected chi connectivity index (χ1v) is 7.43. The van der Waals surface area contributed by atoms with Gasteiger partial charge >= 0.3 is 0 Å². The van der Waals surface area contributed by atoms with Crippen molar-refractivity contribution < 1.29 is 0 Å². The van der Waals surface area contributed by atoms with Crippen LogP contribution in [0.4, 0.5) is 5.69 Å². The predicted molar refractivity (Wildman–Crippen MR) is 79.2 cm³/mol. The van der Waals surface area contributed by atoms with Gasteiger partial charge in [0.1, 0.15) is 0 Å². The van der Waals surface area contributed by atoms with Crippen molar-refractivity contribution in [1.82, 2.24) is 4.90 Å². The molecule has 18 heavy (non-hydrogen) atoms. The van der Waals surface area contributed by atoms with E-state index in [1.54, 1.807) is 0 Å². The monoisotopic (exact) mass is 246 g/mol. The lowest BCUT2D eigenvalue weighted by Crippen LogP contribution is -2.29. The second-order valence-corrected chi connectivity index (χ2v) is 5.24. The molecular formula is C16H26N2. The molecule has 0 aliphatic carbocycles. The zero-order valence-electron chi connectivity index (χ0n) is 11.6. The van der Waals surface area contributed by atoms with Crippen molar-refractivity contribution in [2.75, 3.05) is 31.5 Å². The molecule has 1 N–H and O–H groups in total. The Bertz CT molecular complexity index is 341. The molecule has 1 fully saturated rings. The Labute approximate surface area is 111 Å². The van der Waals surface area contributed by atoms with Crippen LogP contribution >= 0.6 is 0 Å². The van der Waals surface area contributed by atoms with Gasteiger partial charge in [0.25, 0.3) is 0 Å². The second kappa shape index (κ2) is 7.42. The molecule has 0 radical (unpaired) electrons. The Morgan fingerprint density at radius 1 is 1.11 bits per heavy atom. The van der Waals surface area contributed by atoms with E-state index >= 15 is 0 Å². The van der Waals surface area contributed by atoms with Gasteiger partial charge in [0, 0.05) is 18.8 Å². The molecule has 0 spiro atoms. The highest BCUT2D eigenvalue weighted by molar-refractivity contribution is 5.45. The van der Waals surface area contributed by atoms with Crippen LogP contribution in [0.15, 0.2) is 24.3 Å². The summed E-state index contributed by atoms with van der Waals surface area (Å²) in [5.41, 5.74) is 2.68. The van der Waals surface area contributed by atoms with Gasteiger partial charge in [-0.15, -0.1) is 0 Å². The van der Waals surface area contributed by atoms with Gasteiger partial charge in [0.05, 0.1) is 0 Å². The third-order valence-corrected chi connectivity index (χ3v) is 3.79. The third kappa shape index (κ3) is 4.34. The van der Waals surface area contributed by atoms with Crippen LogP contribution in [0.1, 0.15) is 38.2 Å². The van der Waals surface area contributed by atoms with Crippen molar-refractivity contribution >= 4 is 5.69 Å². The van der Waals surface area contributed by atoms with Crippen LogP contribution in [-0.2, 0) is 6.42 Å². The lowest BCUT2D eigenvalue weighted by atomic mass is 10.1. The molecule has 0 atom stereocenters. The number of likely N-dealkylation sites (tertiary alicyclic amines) is 1. The molecule has 2 heteroatoms. The first-order valence-electron chi connectivity index (χ1n) is 7.43. The number of hydrogen-bond donors (Lipinski definition) is 1. The van der Waals surface area contributed by atoms with E-state index in [0.29, 0.717) is 0 Å². The molecule has 0 bridgehead atoms. The van der Waals surface area contributed by atoms with E-state index in [1.807, 2.05) is 0 Å². The maximum Gasteiger partial charge on any atom is 0.0343 e. The number of hydrogen-bond acceptors (Lipinski definition) is 2. The van der Waals surface area contributed by atoms with Crippen molar-refractivity contribution in [2.24, 2.45) is 0 Å². The highest BCUT2D eigenvalue weighted by Gasteiger charge is 2.07.